The molecule has 0 aliphatic heterocycles. The van der Waals surface area contributed by atoms with Crippen molar-refractivity contribution in [2.24, 2.45) is 0 Å². The van der Waals surface area contributed by atoms with E-state index in [1.807, 2.05) is 6.07 Å². The van der Waals surface area contributed by atoms with Crippen molar-refractivity contribution in [2.45, 2.75) is 43.5 Å². The predicted molar refractivity (Wildman–Crippen MR) is 89.0 cm³/mol. The highest BCUT2D eigenvalue weighted by molar-refractivity contribution is 7.98. The molecule has 0 bridgehead atoms. The standard InChI is InChI=1S/C18H22FNS/c1-18(2,3)20-12-14-6-5-9-17(11-14)21-13-15-7-4-8-16(19)10-15/h4-11,20H,12-13H2,1-3H3. The fourth-order valence-corrected chi connectivity index (χ4v) is 2.83. The molecular weight excluding hydrogens is 281 g/mol. The Kier molecular flexibility index (Phi) is 5.43. The van der Waals surface area contributed by atoms with Gasteiger partial charge in [-0.1, -0.05) is 24.3 Å². The summed E-state index contributed by atoms with van der Waals surface area (Å²) < 4.78 is 13.2. The number of hydrogen-bond acceptors (Lipinski definition) is 2. The first-order chi connectivity index (χ1) is 9.92. The molecule has 0 aliphatic rings. The van der Waals surface area contributed by atoms with Crippen LogP contribution in [0.2, 0.25) is 0 Å². The van der Waals surface area contributed by atoms with Gasteiger partial charge in [0.2, 0.25) is 0 Å². The number of thioether (sulfide) groups is 1. The zero-order valence-electron chi connectivity index (χ0n) is 12.8. The molecule has 0 unspecified atom stereocenters. The van der Waals surface area contributed by atoms with Crippen LogP contribution in [0.4, 0.5) is 4.39 Å². The van der Waals surface area contributed by atoms with Gasteiger partial charge in [-0.15, -0.1) is 11.8 Å². The minimum atomic E-state index is -0.170. The normalized spacial score (nSPS) is 11.6. The molecule has 0 heterocycles. The second-order valence-electron chi connectivity index (χ2n) is 6.17. The van der Waals surface area contributed by atoms with Gasteiger partial charge in [-0.3, -0.25) is 0 Å². The number of nitrogens with one attached hydrogen (secondary N) is 1. The summed E-state index contributed by atoms with van der Waals surface area (Å²) in [4.78, 5) is 1.22. The summed E-state index contributed by atoms with van der Waals surface area (Å²) >= 11 is 1.74. The van der Waals surface area contributed by atoms with Crippen molar-refractivity contribution < 1.29 is 4.39 Å². The Morgan fingerprint density at radius 3 is 2.43 bits per heavy atom. The van der Waals surface area contributed by atoms with Gasteiger partial charge in [-0.2, -0.15) is 0 Å². The van der Waals surface area contributed by atoms with Gasteiger partial charge in [0.1, 0.15) is 5.82 Å². The van der Waals surface area contributed by atoms with Crippen LogP contribution in [0.15, 0.2) is 53.4 Å². The maximum Gasteiger partial charge on any atom is 0.123 e. The Balaban J connectivity index is 1.95. The van der Waals surface area contributed by atoms with Crippen LogP contribution in [0.3, 0.4) is 0 Å². The van der Waals surface area contributed by atoms with E-state index in [2.05, 4.69) is 50.4 Å². The van der Waals surface area contributed by atoms with Crippen molar-refractivity contribution in [1.29, 1.82) is 0 Å². The molecule has 0 saturated heterocycles. The monoisotopic (exact) mass is 303 g/mol. The first-order valence-electron chi connectivity index (χ1n) is 7.14. The molecule has 1 N–H and O–H groups in total. The molecule has 2 aromatic carbocycles. The number of hydrogen-bond donors (Lipinski definition) is 1. The van der Waals surface area contributed by atoms with E-state index in [4.69, 9.17) is 0 Å². The molecule has 0 aromatic heterocycles. The topological polar surface area (TPSA) is 12.0 Å². The summed E-state index contributed by atoms with van der Waals surface area (Å²) in [6.07, 6.45) is 0. The molecule has 0 atom stereocenters. The van der Waals surface area contributed by atoms with E-state index in [-0.39, 0.29) is 11.4 Å². The van der Waals surface area contributed by atoms with E-state index < -0.39 is 0 Å². The van der Waals surface area contributed by atoms with Gasteiger partial charge in [0.05, 0.1) is 0 Å². The predicted octanol–water partition coefficient (Wildman–Crippen LogP) is 5.01. The van der Waals surface area contributed by atoms with Crippen molar-refractivity contribution in [1.82, 2.24) is 5.32 Å². The molecule has 0 spiro atoms. The largest absolute Gasteiger partial charge is 0.308 e. The van der Waals surface area contributed by atoms with Gasteiger partial charge in [-0.25, -0.2) is 4.39 Å². The van der Waals surface area contributed by atoms with Crippen molar-refractivity contribution in [2.75, 3.05) is 0 Å². The van der Waals surface area contributed by atoms with Gasteiger partial charge in [0.15, 0.2) is 0 Å². The van der Waals surface area contributed by atoms with Crippen molar-refractivity contribution in [3.8, 4) is 0 Å². The average Bonchev–Trinajstić information content (AvgIpc) is 2.43. The number of halogens is 1. The SMILES string of the molecule is CC(C)(C)NCc1cccc(SCc2cccc(F)c2)c1. The van der Waals surface area contributed by atoms with E-state index in [9.17, 15) is 4.39 Å². The third kappa shape index (κ3) is 5.90. The van der Waals surface area contributed by atoms with E-state index in [1.165, 1.54) is 16.5 Å². The van der Waals surface area contributed by atoms with Gasteiger partial charge in [0, 0.05) is 22.7 Å². The van der Waals surface area contributed by atoms with E-state index >= 15 is 0 Å². The summed E-state index contributed by atoms with van der Waals surface area (Å²) in [6.45, 7) is 7.35. The molecule has 3 heteroatoms. The highest BCUT2D eigenvalue weighted by atomic mass is 32.2. The lowest BCUT2D eigenvalue weighted by Crippen LogP contribution is -2.35. The summed E-state index contributed by atoms with van der Waals surface area (Å²) in [5, 5.41) is 3.49. The smallest absolute Gasteiger partial charge is 0.123 e. The Hall–Kier alpha value is -1.32. The van der Waals surface area contributed by atoms with E-state index in [0.717, 1.165) is 17.9 Å². The third-order valence-corrected chi connectivity index (χ3v) is 4.08. The fraction of sp³-hybridized carbons (Fsp3) is 0.333. The maximum absolute atomic E-state index is 13.2. The molecule has 2 rings (SSSR count). The summed E-state index contributed by atoms with van der Waals surface area (Å²) in [6, 6.07) is 15.3. The number of rotatable bonds is 5. The van der Waals surface area contributed by atoms with E-state index in [1.54, 1.807) is 23.9 Å². The molecule has 112 valence electrons. The zero-order valence-corrected chi connectivity index (χ0v) is 13.6. The third-order valence-electron chi connectivity index (χ3n) is 3.02. The van der Waals surface area contributed by atoms with Crippen LogP contribution in [-0.2, 0) is 12.3 Å². The maximum atomic E-state index is 13.2. The first-order valence-corrected chi connectivity index (χ1v) is 8.12. The molecule has 0 amide bonds. The minimum absolute atomic E-state index is 0.116. The Morgan fingerprint density at radius 2 is 1.71 bits per heavy atom. The van der Waals surface area contributed by atoms with Crippen LogP contribution in [0.1, 0.15) is 31.9 Å². The molecular formula is C18H22FNS. The van der Waals surface area contributed by atoms with Gasteiger partial charge in [0.25, 0.3) is 0 Å². The van der Waals surface area contributed by atoms with Crippen molar-refractivity contribution in [3.63, 3.8) is 0 Å². The minimum Gasteiger partial charge on any atom is -0.308 e. The van der Waals surface area contributed by atoms with Crippen LogP contribution in [0.25, 0.3) is 0 Å². The molecule has 0 radical (unpaired) electrons. The molecule has 2 aromatic rings. The highest BCUT2D eigenvalue weighted by Crippen LogP contribution is 2.24. The van der Waals surface area contributed by atoms with Gasteiger partial charge in [-0.05, 0) is 56.2 Å². The van der Waals surface area contributed by atoms with Crippen LogP contribution < -0.4 is 5.32 Å². The molecule has 1 nitrogen and oxygen atoms in total. The first kappa shape index (κ1) is 16.1. The average molecular weight is 303 g/mol. The molecule has 21 heavy (non-hydrogen) atoms. The summed E-state index contributed by atoms with van der Waals surface area (Å²) in [5.74, 6) is 0.615. The lowest BCUT2D eigenvalue weighted by atomic mass is 10.1. The number of benzene rings is 2. The lowest BCUT2D eigenvalue weighted by Gasteiger charge is -2.20. The van der Waals surface area contributed by atoms with E-state index in [0.29, 0.717) is 0 Å². The van der Waals surface area contributed by atoms with Crippen LogP contribution in [-0.4, -0.2) is 5.54 Å². The van der Waals surface area contributed by atoms with Crippen molar-refractivity contribution in [3.05, 3.63) is 65.5 Å². The lowest BCUT2D eigenvalue weighted by molar-refractivity contribution is 0.424. The summed E-state index contributed by atoms with van der Waals surface area (Å²) in [7, 11) is 0. The molecule has 0 saturated carbocycles. The van der Waals surface area contributed by atoms with Crippen LogP contribution in [0.5, 0.6) is 0 Å². The quantitative estimate of drug-likeness (QED) is 0.780. The second kappa shape index (κ2) is 7.10. The van der Waals surface area contributed by atoms with Crippen molar-refractivity contribution >= 4 is 11.8 Å². The molecule has 0 fully saturated rings. The summed E-state index contributed by atoms with van der Waals surface area (Å²) in [5.41, 5.74) is 2.40. The zero-order chi connectivity index (χ0) is 15.3. The van der Waals surface area contributed by atoms with Crippen LogP contribution in [0, 0.1) is 5.82 Å². The van der Waals surface area contributed by atoms with Gasteiger partial charge < -0.3 is 5.32 Å². The van der Waals surface area contributed by atoms with Gasteiger partial charge >= 0.3 is 0 Å². The fourth-order valence-electron chi connectivity index (χ4n) is 1.91. The molecule has 0 aliphatic carbocycles. The highest BCUT2D eigenvalue weighted by Gasteiger charge is 2.08. The Bertz CT molecular complexity index is 590. The Labute approximate surface area is 131 Å². The van der Waals surface area contributed by atoms with Crippen LogP contribution >= 0.6 is 11.8 Å². The Morgan fingerprint density at radius 1 is 1.00 bits per heavy atom. The second-order valence-corrected chi connectivity index (χ2v) is 7.22.